The molecule has 1 aromatic heterocycles. The van der Waals surface area contributed by atoms with Crippen LogP contribution in [0.3, 0.4) is 0 Å². The lowest BCUT2D eigenvalue weighted by molar-refractivity contribution is 0.0980. The summed E-state index contributed by atoms with van der Waals surface area (Å²) in [6.07, 6.45) is 3.64. The number of fused-ring (bicyclic) bond motifs is 1. The summed E-state index contributed by atoms with van der Waals surface area (Å²) in [6.45, 7) is 1.76. The molecule has 1 aromatic carbocycles. The molecule has 0 saturated heterocycles. The highest BCUT2D eigenvalue weighted by atomic mass is 16.2. The van der Waals surface area contributed by atoms with Gasteiger partial charge in [-0.15, -0.1) is 5.10 Å². The molecule has 1 amide bonds. The minimum atomic E-state index is -0.0968. The Morgan fingerprint density at radius 1 is 1.35 bits per heavy atom. The zero-order valence-electron chi connectivity index (χ0n) is 11.2. The summed E-state index contributed by atoms with van der Waals surface area (Å²) < 4.78 is 1.60. The Morgan fingerprint density at radius 3 is 3.05 bits per heavy atom. The fourth-order valence-electron chi connectivity index (χ4n) is 2.52. The number of anilines is 1. The molecule has 2 heterocycles. The Morgan fingerprint density at radius 2 is 2.20 bits per heavy atom. The summed E-state index contributed by atoms with van der Waals surface area (Å²) in [5.41, 5.74) is 8.03. The van der Waals surface area contributed by atoms with Gasteiger partial charge in [0, 0.05) is 18.8 Å². The van der Waals surface area contributed by atoms with Crippen LogP contribution in [0.2, 0.25) is 0 Å². The first-order valence-corrected chi connectivity index (χ1v) is 6.79. The van der Waals surface area contributed by atoms with E-state index in [1.54, 1.807) is 15.8 Å². The van der Waals surface area contributed by atoms with Gasteiger partial charge in [-0.05, 0) is 24.5 Å². The molecule has 0 fully saturated rings. The quantitative estimate of drug-likeness (QED) is 0.897. The number of rotatable bonds is 3. The van der Waals surface area contributed by atoms with Crippen LogP contribution < -0.4 is 10.6 Å². The van der Waals surface area contributed by atoms with Crippen molar-refractivity contribution in [3.8, 4) is 0 Å². The van der Waals surface area contributed by atoms with Crippen molar-refractivity contribution in [1.29, 1.82) is 0 Å². The number of benzene rings is 1. The van der Waals surface area contributed by atoms with Gasteiger partial charge < -0.3 is 10.6 Å². The molecule has 20 heavy (non-hydrogen) atoms. The molecule has 0 radical (unpaired) electrons. The summed E-state index contributed by atoms with van der Waals surface area (Å²) in [5, 5.41) is 7.87. The number of nitrogens with zero attached hydrogens (tertiary/aromatic N) is 4. The lowest BCUT2D eigenvalue weighted by Gasteiger charge is -2.28. The van der Waals surface area contributed by atoms with Crippen LogP contribution in [0.15, 0.2) is 30.5 Å². The first kappa shape index (κ1) is 12.8. The Kier molecular flexibility index (Phi) is 3.47. The molecule has 2 N–H and O–H groups in total. The minimum Gasteiger partial charge on any atom is -0.329 e. The van der Waals surface area contributed by atoms with Crippen LogP contribution in [-0.4, -0.2) is 34.0 Å². The van der Waals surface area contributed by atoms with E-state index in [9.17, 15) is 4.79 Å². The third kappa shape index (κ3) is 2.30. The van der Waals surface area contributed by atoms with Crippen LogP contribution in [0.4, 0.5) is 5.69 Å². The number of nitrogens with two attached hydrogens (primary N) is 1. The average molecular weight is 271 g/mol. The third-order valence-corrected chi connectivity index (χ3v) is 3.47. The van der Waals surface area contributed by atoms with Crippen molar-refractivity contribution in [2.45, 2.75) is 19.4 Å². The van der Waals surface area contributed by atoms with E-state index in [0.717, 1.165) is 25.1 Å². The van der Waals surface area contributed by atoms with Gasteiger partial charge in [0.25, 0.3) is 5.91 Å². The number of carbonyl (C=O) groups is 1. The van der Waals surface area contributed by atoms with E-state index >= 15 is 0 Å². The smallest absolute Gasteiger partial charge is 0.280 e. The number of aryl methyl sites for hydroxylation is 1. The lowest BCUT2D eigenvalue weighted by atomic mass is 10.0. The Labute approximate surface area is 117 Å². The van der Waals surface area contributed by atoms with Gasteiger partial charge >= 0.3 is 0 Å². The van der Waals surface area contributed by atoms with Crippen LogP contribution in [0.25, 0.3) is 0 Å². The maximum Gasteiger partial charge on any atom is 0.280 e. The number of carbonyl (C=O) groups excluding carboxylic acids is 1. The SMILES string of the molecule is NCCn1cc(C(=O)N2CCCc3ccccc32)nn1. The highest BCUT2D eigenvalue weighted by molar-refractivity contribution is 6.05. The van der Waals surface area contributed by atoms with Gasteiger partial charge in [0.2, 0.25) is 0 Å². The number of hydrogen-bond donors (Lipinski definition) is 1. The van der Waals surface area contributed by atoms with E-state index in [4.69, 9.17) is 5.73 Å². The van der Waals surface area contributed by atoms with Crippen molar-refractivity contribution in [3.63, 3.8) is 0 Å². The first-order chi connectivity index (χ1) is 9.79. The molecule has 3 rings (SSSR count). The molecule has 0 bridgehead atoms. The molecule has 0 unspecified atom stereocenters. The van der Waals surface area contributed by atoms with Crippen LogP contribution in [0.1, 0.15) is 22.5 Å². The Bertz CT molecular complexity index is 622. The summed E-state index contributed by atoms with van der Waals surface area (Å²) in [6, 6.07) is 8.01. The maximum atomic E-state index is 12.6. The summed E-state index contributed by atoms with van der Waals surface area (Å²) >= 11 is 0. The highest BCUT2D eigenvalue weighted by Crippen LogP contribution is 2.27. The molecule has 104 valence electrons. The molecule has 0 aliphatic carbocycles. The predicted octanol–water partition coefficient (Wildman–Crippen LogP) is 0.830. The van der Waals surface area contributed by atoms with Gasteiger partial charge in [-0.25, -0.2) is 0 Å². The summed E-state index contributed by atoms with van der Waals surface area (Å²) in [7, 11) is 0. The fraction of sp³-hybridized carbons (Fsp3) is 0.357. The van der Waals surface area contributed by atoms with Crippen LogP contribution in [0.5, 0.6) is 0 Å². The van der Waals surface area contributed by atoms with Crippen LogP contribution in [-0.2, 0) is 13.0 Å². The molecule has 6 nitrogen and oxygen atoms in total. The number of aromatic nitrogens is 3. The lowest BCUT2D eigenvalue weighted by Crippen LogP contribution is -2.35. The van der Waals surface area contributed by atoms with Gasteiger partial charge in [-0.3, -0.25) is 9.48 Å². The monoisotopic (exact) mass is 271 g/mol. The van der Waals surface area contributed by atoms with Gasteiger partial charge in [0.05, 0.1) is 12.7 Å². The number of para-hydroxylation sites is 1. The largest absolute Gasteiger partial charge is 0.329 e. The zero-order valence-corrected chi connectivity index (χ0v) is 11.2. The second-order valence-electron chi connectivity index (χ2n) is 4.84. The van der Waals surface area contributed by atoms with E-state index in [0.29, 0.717) is 18.8 Å². The van der Waals surface area contributed by atoms with E-state index in [-0.39, 0.29) is 5.91 Å². The third-order valence-electron chi connectivity index (χ3n) is 3.47. The molecular weight excluding hydrogens is 254 g/mol. The van der Waals surface area contributed by atoms with E-state index in [2.05, 4.69) is 16.4 Å². The Balaban J connectivity index is 1.87. The van der Waals surface area contributed by atoms with Crippen molar-refractivity contribution in [3.05, 3.63) is 41.7 Å². The van der Waals surface area contributed by atoms with Crippen molar-refractivity contribution in [2.75, 3.05) is 18.0 Å². The topological polar surface area (TPSA) is 77.0 Å². The number of amides is 1. The standard InChI is InChI=1S/C14H17N5O/c15-7-9-18-10-12(16-17-18)14(20)19-8-3-5-11-4-1-2-6-13(11)19/h1-2,4,6,10H,3,5,7-9,15H2. The van der Waals surface area contributed by atoms with Gasteiger partial charge in [0.1, 0.15) is 0 Å². The fourth-order valence-corrected chi connectivity index (χ4v) is 2.52. The average Bonchev–Trinajstić information content (AvgIpc) is 2.95. The van der Waals surface area contributed by atoms with Crippen molar-refractivity contribution in [1.82, 2.24) is 15.0 Å². The molecule has 6 heteroatoms. The van der Waals surface area contributed by atoms with E-state index < -0.39 is 0 Å². The second-order valence-corrected chi connectivity index (χ2v) is 4.84. The zero-order chi connectivity index (χ0) is 13.9. The molecule has 0 saturated carbocycles. The molecule has 1 aliphatic rings. The van der Waals surface area contributed by atoms with Gasteiger partial charge in [-0.1, -0.05) is 23.4 Å². The Hall–Kier alpha value is -2.21. The second kappa shape index (κ2) is 5.42. The van der Waals surface area contributed by atoms with Crippen molar-refractivity contribution >= 4 is 11.6 Å². The summed E-state index contributed by atoms with van der Waals surface area (Å²) in [5.74, 6) is -0.0968. The maximum absolute atomic E-state index is 12.6. The predicted molar refractivity (Wildman–Crippen MR) is 75.5 cm³/mol. The highest BCUT2D eigenvalue weighted by Gasteiger charge is 2.25. The van der Waals surface area contributed by atoms with E-state index in [1.165, 1.54) is 5.56 Å². The first-order valence-electron chi connectivity index (χ1n) is 6.79. The molecule has 2 aromatic rings. The van der Waals surface area contributed by atoms with Crippen LogP contribution >= 0.6 is 0 Å². The molecular formula is C14H17N5O. The van der Waals surface area contributed by atoms with Crippen molar-refractivity contribution in [2.24, 2.45) is 5.73 Å². The number of hydrogen-bond acceptors (Lipinski definition) is 4. The van der Waals surface area contributed by atoms with Gasteiger partial charge in [-0.2, -0.15) is 0 Å². The van der Waals surface area contributed by atoms with E-state index in [1.807, 2.05) is 18.2 Å². The van der Waals surface area contributed by atoms with Crippen molar-refractivity contribution < 1.29 is 4.79 Å². The minimum absolute atomic E-state index is 0.0968. The molecule has 0 spiro atoms. The van der Waals surface area contributed by atoms with Crippen LogP contribution in [0, 0.1) is 0 Å². The molecule has 1 aliphatic heterocycles. The normalized spacial score (nSPS) is 14.2. The summed E-state index contributed by atoms with van der Waals surface area (Å²) in [4.78, 5) is 14.3. The molecule has 0 atom stereocenters. The van der Waals surface area contributed by atoms with Gasteiger partial charge in [0.15, 0.2) is 5.69 Å².